The molecule has 0 spiro atoms. The Morgan fingerprint density at radius 2 is 2.10 bits per heavy atom. The zero-order valence-electron chi connectivity index (χ0n) is 16.8. The summed E-state index contributed by atoms with van der Waals surface area (Å²) >= 11 is 1.57. The zero-order chi connectivity index (χ0) is 21.8. The highest BCUT2D eigenvalue weighted by Gasteiger charge is 2.18. The fourth-order valence-corrected chi connectivity index (χ4v) is 3.91. The number of benzene rings is 1. The predicted molar refractivity (Wildman–Crippen MR) is 119 cm³/mol. The van der Waals surface area contributed by atoms with Crippen molar-refractivity contribution in [2.24, 2.45) is 5.73 Å². The smallest absolute Gasteiger partial charge is 0.253 e. The van der Waals surface area contributed by atoms with Crippen LogP contribution in [0.25, 0.3) is 21.7 Å². The largest absolute Gasteiger partial charge is 0.494 e. The van der Waals surface area contributed by atoms with Gasteiger partial charge in [-0.1, -0.05) is 6.07 Å². The fraction of sp³-hybridized carbons (Fsp3) is 0.182. The van der Waals surface area contributed by atoms with Gasteiger partial charge >= 0.3 is 0 Å². The van der Waals surface area contributed by atoms with Crippen molar-refractivity contribution in [2.45, 2.75) is 12.8 Å². The number of carbonyl (C=O) groups is 2. The van der Waals surface area contributed by atoms with Gasteiger partial charge in [-0.15, -0.1) is 11.3 Å². The summed E-state index contributed by atoms with van der Waals surface area (Å²) in [5.74, 6) is 0.632. The lowest BCUT2D eigenvalue weighted by Crippen LogP contribution is -2.25. The normalized spacial score (nSPS) is 10.9. The lowest BCUT2D eigenvalue weighted by Gasteiger charge is -2.08. The van der Waals surface area contributed by atoms with Crippen LogP contribution in [-0.4, -0.2) is 40.4 Å². The Morgan fingerprint density at radius 3 is 2.77 bits per heavy atom. The minimum atomic E-state index is -0.502. The minimum Gasteiger partial charge on any atom is -0.494 e. The molecule has 0 fully saturated rings. The molecule has 0 saturated heterocycles. The summed E-state index contributed by atoms with van der Waals surface area (Å²) < 4.78 is 5.43. The number of pyridine rings is 1. The number of methoxy groups -OCH3 is 1. The lowest BCUT2D eigenvalue weighted by molar-refractivity contribution is 0.0953. The Labute approximate surface area is 182 Å². The van der Waals surface area contributed by atoms with E-state index in [0.29, 0.717) is 53.1 Å². The maximum absolute atomic E-state index is 12.8. The van der Waals surface area contributed by atoms with E-state index >= 15 is 0 Å². The van der Waals surface area contributed by atoms with E-state index in [9.17, 15) is 9.59 Å². The molecule has 0 unspecified atom stereocenters. The number of aryl methyl sites for hydroxylation is 1. The number of hydrogen-bond acceptors (Lipinski definition) is 6. The molecule has 0 radical (unpaired) electrons. The Morgan fingerprint density at radius 1 is 1.23 bits per heavy atom. The number of rotatable bonds is 8. The van der Waals surface area contributed by atoms with E-state index in [4.69, 9.17) is 10.5 Å². The summed E-state index contributed by atoms with van der Waals surface area (Å²) in [6, 6.07) is 10.8. The quantitative estimate of drug-likeness (QED) is 0.367. The highest BCUT2D eigenvalue weighted by atomic mass is 32.1. The first-order chi connectivity index (χ1) is 15.1. The second-order valence-corrected chi connectivity index (χ2v) is 7.81. The van der Waals surface area contributed by atoms with E-state index in [1.165, 1.54) is 6.20 Å². The molecular formula is C22H21N5O3S. The molecule has 2 amide bonds. The van der Waals surface area contributed by atoms with Crippen molar-refractivity contribution < 1.29 is 14.3 Å². The molecule has 0 aliphatic heterocycles. The molecule has 4 N–H and O–H groups in total. The van der Waals surface area contributed by atoms with E-state index in [1.807, 2.05) is 17.5 Å². The number of primary amides is 1. The maximum Gasteiger partial charge on any atom is 0.253 e. The molecule has 0 bridgehead atoms. The third-order valence-electron chi connectivity index (χ3n) is 4.83. The Kier molecular flexibility index (Phi) is 5.94. The van der Waals surface area contributed by atoms with Gasteiger partial charge in [0.25, 0.3) is 5.91 Å². The summed E-state index contributed by atoms with van der Waals surface area (Å²) in [4.78, 5) is 37.0. The van der Waals surface area contributed by atoms with Gasteiger partial charge in [-0.2, -0.15) is 0 Å². The van der Waals surface area contributed by atoms with Crippen molar-refractivity contribution in [3.63, 3.8) is 0 Å². The van der Waals surface area contributed by atoms with Gasteiger partial charge in [0, 0.05) is 18.4 Å². The van der Waals surface area contributed by atoms with Crippen LogP contribution in [0.1, 0.15) is 32.8 Å². The Bertz CT molecular complexity index is 1220. The van der Waals surface area contributed by atoms with Crippen molar-refractivity contribution in [3.05, 3.63) is 64.8 Å². The van der Waals surface area contributed by atoms with Crippen molar-refractivity contribution in [1.29, 1.82) is 0 Å². The van der Waals surface area contributed by atoms with Crippen LogP contribution in [0.15, 0.2) is 48.0 Å². The number of carbonyl (C=O) groups excluding carboxylic acids is 2. The number of amides is 2. The van der Waals surface area contributed by atoms with Crippen LogP contribution in [0.4, 0.5) is 0 Å². The number of H-pyrrole nitrogens is 1. The monoisotopic (exact) mass is 435 g/mol. The number of fused-ring (bicyclic) bond motifs is 1. The van der Waals surface area contributed by atoms with Crippen LogP contribution in [0.5, 0.6) is 5.75 Å². The highest BCUT2D eigenvalue weighted by molar-refractivity contribution is 7.13. The topological polar surface area (TPSA) is 123 Å². The van der Waals surface area contributed by atoms with E-state index < -0.39 is 5.91 Å². The molecule has 3 heterocycles. The van der Waals surface area contributed by atoms with Crippen LogP contribution >= 0.6 is 11.3 Å². The number of ether oxygens (including phenoxy) is 1. The second kappa shape index (κ2) is 8.97. The maximum atomic E-state index is 12.8. The fourth-order valence-electron chi connectivity index (χ4n) is 3.24. The number of nitrogens with one attached hydrogen (secondary N) is 2. The van der Waals surface area contributed by atoms with Crippen molar-refractivity contribution in [3.8, 4) is 16.5 Å². The van der Waals surface area contributed by atoms with E-state index in [1.54, 1.807) is 42.7 Å². The molecule has 0 aliphatic carbocycles. The average molecular weight is 436 g/mol. The van der Waals surface area contributed by atoms with Gasteiger partial charge in [-0.3, -0.25) is 14.6 Å². The molecule has 158 valence electrons. The lowest BCUT2D eigenvalue weighted by atomic mass is 10.1. The SMILES string of the molecule is COc1ccc(C(=O)NCCCc2ccc(C(N)=O)cn2)c2nc(-c3cccs3)[nH]c12. The Hall–Kier alpha value is -3.72. The van der Waals surface area contributed by atoms with Crippen LogP contribution < -0.4 is 15.8 Å². The third kappa shape index (κ3) is 4.41. The van der Waals surface area contributed by atoms with Gasteiger partial charge in [0.1, 0.15) is 22.6 Å². The van der Waals surface area contributed by atoms with Gasteiger partial charge in [0.05, 0.1) is 23.1 Å². The van der Waals surface area contributed by atoms with Gasteiger partial charge < -0.3 is 20.8 Å². The van der Waals surface area contributed by atoms with Crippen LogP contribution in [0, 0.1) is 0 Å². The van der Waals surface area contributed by atoms with Crippen LogP contribution in [0.3, 0.4) is 0 Å². The minimum absolute atomic E-state index is 0.200. The first kappa shape index (κ1) is 20.5. The third-order valence-corrected chi connectivity index (χ3v) is 5.71. The van der Waals surface area contributed by atoms with Crippen molar-refractivity contribution >= 4 is 34.2 Å². The molecule has 9 heteroatoms. The summed E-state index contributed by atoms with van der Waals surface area (Å²) in [5.41, 5.74) is 8.18. The number of aromatic nitrogens is 3. The first-order valence-corrected chi connectivity index (χ1v) is 10.6. The van der Waals surface area contributed by atoms with Crippen molar-refractivity contribution in [2.75, 3.05) is 13.7 Å². The van der Waals surface area contributed by atoms with E-state index in [0.717, 1.165) is 10.6 Å². The molecule has 4 aromatic rings. The first-order valence-electron chi connectivity index (χ1n) is 9.70. The summed E-state index contributed by atoms with van der Waals surface area (Å²) in [7, 11) is 1.59. The summed E-state index contributed by atoms with van der Waals surface area (Å²) in [5, 5.41) is 4.92. The average Bonchev–Trinajstić information content (AvgIpc) is 3.46. The van der Waals surface area contributed by atoms with Crippen LogP contribution in [0.2, 0.25) is 0 Å². The van der Waals surface area contributed by atoms with Gasteiger partial charge in [-0.25, -0.2) is 4.98 Å². The molecule has 0 atom stereocenters. The number of nitrogens with zero attached hydrogens (tertiary/aromatic N) is 2. The van der Waals surface area contributed by atoms with E-state index in [2.05, 4.69) is 20.3 Å². The van der Waals surface area contributed by atoms with Gasteiger partial charge in [0.2, 0.25) is 5.91 Å². The molecule has 8 nitrogen and oxygen atoms in total. The van der Waals surface area contributed by atoms with Gasteiger partial charge in [0.15, 0.2) is 0 Å². The molecule has 3 aromatic heterocycles. The zero-order valence-corrected chi connectivity index (χ0v) is 17.7. The van der Waals surface area contributed by atoms with Crippen molar-refractivity contribution in [1.82, 2.24) is 20.3 Å². The second-order valence-electron chi connectivity index (χ2n) is 6.86. The number of hydrogen-bond donors (Lipinski definition) is 3. The van der Waals surface area contributed by atoms with E-state index in [-0.39, 0.29) is 5.91 Å². The summed E-state index contributed by atoms with van der Waals surface area (Å²) in [6.07, 6.45) is 2.84. The Balaban J connectivity index is 1.44. The summed E-state index contributed by atoms with van der Waals surface area (Å²) in [6.45, 7) is 0.480. The number of aromatic amines is 1. The number of nitrogens with two attached hydrogens (primary N) is 1. The number of imidazole rings is 1. The predicted octanol–water partition coefficient (Wildman–Crippen LogP) is 3.16. The molecule has 0 saturated carbocycles. The molecule has 31 heavy (non-hydrogen) atoms. The molecule has 0 aliphatic rings. The molecular weight excluding hydrogens is 414 g/mol. The molecule has 4 rings (SSSR count). The number of thiophene rings is 1. The van der Waals surface area contributed by atoms with Crippen LogP contribution in [-0.2, 0) is 6.42 Å². The highest BCUT2D eigenvalue weighted by Crippen LogP contribution is 2.31. The molecule has 1 aromatic carbocycles. The standard InChI is InChI=1S/C22H21N5O3S/c1-30-16-9-8-15(18-19(16)27-21(26-18)17-5-3-11-31-17)22(29)24-10-2-4-14-7-6-13(12-25-14)20(23)28/h3,5-9,11-12H,2,4,10H2,1H3,(H2,23,28)(H,24,29)(H,26,27). The van der Waals surface area contributed by atoms with Gasteiger partial charge in [-0.05, 0) is 48.6 Å².